The van der Waals surface area contributed by atoms with E-state index in [1.54, 1.807) is 24.3 Å². The Balaban J connectivity index is 1.77. The number of nitrogens with zero attached hydrogens (tertiary/aromatic N) is 2. The van der Waals surface area contributed by atoms with Crippen LogP contribution < -0.4 is 14.8 Å². The molecule has 1 aromatic carbocycles. The molecule has 10 heteroatoms. The summed E-state index contributed by atoms with van der Waals surface area (Å²) in [4.78, 5) is 4.16. The number of nitrogens with one attached hydrogen (secondary N) is 1. The largest absolute Gasteiger partial charge is 0.495 e. The standard InChI is InChI=1S/C28H28F3N3O4/c1-25(10-4-3-5-11-25)23-19(13-34-16-26(29,30)31)24(35)27(36)22-20(37-2)14-33-15-21(22)38-28(23,27)18-8-6-17(12-32)7-9-18/h3-10,14-15,19,23-24,34-36H,11,13,16H2,1-2H3/t19-,23+,24-,25?,27+,28+/m1/s1. The maximum absolute atomic E-state index is 13.1. The van der Waals surface area contributed by atoms with Crippen LogP contribution in [0.3, 0.4) is 0 Å². The number of nitriles is 1. The number of aliphatic hydroxyl groups excluding tert-OH is 1. The molecule has 0 bridgehead atoms. The van der Waals surface area contributed by atoms with Crippen LogP contribution >= 0.6 is 0 Å². The molecule has 0 saturated heterocycles. The molecule has 1 aromatic heterocycles. The molecular formula is C28H28F3N3O4. The number of hydrogen-bond donors (Lipinski definition) is 3. The second-order valence-electron chi connectivity index (χ2n) is 10.3. The predicted octanol–water partition coefficient (Wildman–Crippen LogP) is 3.72. The Morgan fingerprint density at radius 2 is 1.97 bits per heavy atom. The first-order valence-electron chi connectivity index (χ1n) is 12.3. The van der Waals surface area contributed by atoms with Gasteiger partial charge in [0.1, 0.15) is 11.5 Å². The molecule has 2 aliphatic carbocycles. The molecule has 200 valence electrons. The fourth-order valence-electron chi connectivity index (χ4n) is 6.72. The highest BCUT2D eigenvalue weighted by atomic mass is 19.4. The lowest BCUT2D eigenvalue weighted by molar-refractivity contribution is -0.165. The van der Waals surface area contributed by atoms with Gasteiger partial charge in [-0.05, 0) is 29.5 Å². The average Bonchev–Trinajstić information content (AvgIpc) is 3.27. The number of aromatic nitrogens is 1. The molecule has 2 heterocycles. The Morgan fingerprint density at radius 3 is 2.58 bits per heavy atom. The first kappa shape index (κ1) is 26.2. The highest BCUT2D eigenvalue weighted by molar-refractivity contribution is 5.58. The summed E-state index contributed by atoms with van der Waals surface area (Å²) < 4.78 is 51.5. The van der Waals surface area contributed by atoms with E-state index in [0.717, 1.165) is 0 Å². The number of rotatable bonds is 6. The summed E-state index contributed by atoms with van der Waals surface area (Å²) in [6.45, 7) is 0.466. The average molecular weight is 528 g/mol. The van der Waals surface area contributed by atoms with Crippen molar-refractivity contribution in [3.8, 4) is 17.6 Å². The van der Waals surface area contributed by atoms with Crippen LogP contribution in [-0.2, 0) is 11.2 Å². The van der Waals surface area contributed by atoms with Gasteiger partial charge in [-0.15, -0.1) is 0 Å². The van der Waals surface area contributed by atoms with Crippen molar-refractivity contribution in [2.24, 2.45) is 17.3 Å². The van der Waals surface area contributed by atoms with Crippen LogP contribution in [-0.4, -0.2) is 47.7 Å². The lowest BCUT2D eigenvalue weighted by Gasteiger charge is -2.47. The van der Waals surface area contributed by atoms with Crippen molar-refractivity contribution < 1.29 is 32.9 Å². The molecule has 1 aliphatic heterocycles. The summed E-state index contributed by atoms with van der Waals surface area (Å²) in [5, 5.41) is 36.5. The molecule has 0 radical (unpaired) electrons. The number of allylic oxidation sites excluding steroid dienone is 4. The van der Waals surface area contributed by atoms with Gasteiger partial charge in [0, 0.05) is 18.4 Å². The Hall–Kier alpha value is -3.39. The van der Waals surface area contributed by atoms with E-state index in [9.17, 15) is 28.6 Å². The number of methoxy groups -OCH3 is 1. The number of pyridine rings is 1. The smallest absolute Gasteiger partial charge is 0.401 e. The second kappa shape index (κ2) is 9.12. The normalized spacial score (nSPS) is 33.4. The molecule has 0 amide bonds. The third-order valence-electron chi connectivity index (χ3n) is 8.15. The second-order valence-corrected chi connectivity index (χ2v) is 10.3. The van der Waals surface area contributed by atoms with E-state index in [0.29, 0.717) is 17.5 Å². The SMILES string of the molecule is COc1cncc2c1[C@]1(O)[C@H](O)[C@H](CNCC(F)(F)F)[C@@H](C3(C)C=CC=CC3)[C@]1(c1ccc(C#N)cc1)O2. The van der Waals surface area contributed by atoms with Crippen molar-refractivity contribution in [3.05, 3.63) is 77.7 Å². The van der Waals surface area contributed by atoms with Crippen LogP contribution in [0.15, 0.2) is 61.0 Å². The molecule has 1 saturated carbocycles. The number of alkyl halides is 3. The quantitative estimate of drug-likeness (QED) is 0.526. The van der Waals surface area contributed by atoms with Crippen molar-refractivity contribution in [1.29, 1.82) is 5.26 Å². The summed E-state index contributed by atoms with van der Waals surface area (Å²) in [5.41, 5.74) is -3.44. The number of ether oxygens (including phenoxy) is 2. The third-order valence-corrected chi connectivity index (χ3v) is 8.15. The van der Waals surface area contributed by atoms with Crippen LogP contribution in [0.2, 0.25) is 0 Å². The molecule has 7 nitrogen and oxygen atoms in total. The maximum Gasteiger partial charge on any atom is 0.401 e. The van der Waals surface area contributed by atoms with Crippen LogP contribution in [0.1, 0.15) is 30.0 Å². The third kappa shape index (κ3) is 3.72. The van der Waals surface area contributed by atoms with Gasteiger partial charge in [-0.25, -0.2) is 0 Å². The fraction of sp³-hybridized carbons (Fsp3) is 0.429. The van der Waals surface area contributed by atoms with Gasteiger partial charge in [0.25, 0.3) is 0 Å². The minimum Gasteiger partial charge on any atom is -0.495 e. The number of fused-ring (bicyclic) bond motifs is 3. The highest BCUT2D eigenvalue weighted by Gasteiger charge is 2.78. The van der Waals surface area contributed by atoms with Gasteiger partial charge >= 0.3 is 6.18 Å². The zero-order valence-electron chi connectivity index (χ0n) is 20.9. The van der Waals surface area contributed by atoms with E-state index in [2.05, 4.69) is 16.4 Å². The lowest BCUT2D eigenvalue weighted by Crippen LogP contribution is -2.55. The molecule has 3 aliphatic rings. The summed E-state index contributed by atoms with van der Waals surface area (Å²) in [6.07, 6.45) is 4.95. The zero-order chi connectivity index (χ0) is 27.3. The van der Waals surface area contributed by atoms with Gasteiger partial charge in [-0.1, -0.05) is 43.4 Å². The van der Waals surface area contributed by atoms with Crippen LogP contribution in [0, 0.1) is 28.6 Å². The summed E-state index contributed by atoms with van der Waals surface area (Å²) in [7, 11) is 1.40. The summed E-state index contributed by atoms with van der Waals surface area (Å²) in [5.74, 6) is -1.19. The molecule has 38 heavy (non-hydrogen) atoms. The van der Waals surface area contributed by atoms with Crippen molar-refractivity contribution in [2.75, 3.05) is 20.2 Å². The van der Waals surface area contributed by atoms with E-state index in [4.69, 9.17) is 9.47 Å². The number of halogens is 3. The molecule has 2 aromatic rings. The molecule has 6 atom stereocenters. The number of benzene rings is 1. The number of hydrogen-bond acceptors (Lipinski definition) is 7. The van der Waals surface area contributed by atoms with E-state index in [1.165, 1.54) is 19.5 Å². The molecular weight excluding hydrogens is 499 g/mol. The Bertz CT molecular complexity index is 1320. The Morgan fingerprint density at radius 1 is 1.24 bits per heavy atom. The topological polar surface area (TPSA) is 108 Å². The van der Waals surface area contributed by atoms with E-state index < -0.39 is 47.3 Å². The van der Waals surface area contributed by atoms with E-state index >= 15 is 0 Å². The Labute approximate surface area is 218 Å². The molecule has 0 spiro atoms. The Kier molecular flexibility index (Phi) is 6.29. The minimum atomic E-state index is -4.45. The van der Waals surface area contributed by atoms with Gasteiger partial charge < -0.3 is 25.0 Å². The first-order chi connectivity index (χ1) is 18.0. The number of aliphatic hydroxyl groups is 2. The van der Waals surface area contributed by atoms with Crippen LogP contribution in [0.5, 0.6) is 11.5 Å². The molecule has 5 rings (SSSR count). The van der Waals surface area contributed by atoms with Crippen LogP contribution in [0.25, 0.3) is 0 Å². The fourth-order valence-corrected chi connectivity index (χ4v) is 6.72. The van der Waals surface area contributed by atoms with Crippen molar-refractivity contribution >= 4 is 0 Å². The molecule has 3 N–H and O–H groups in total. The van der Waals surface area contributed by atoms with Crippen molar-refractivity contribution in [1.82, 2.24) is 10.3 Å². The van der Waals surface area contributed by atoms with Gasteiger partial charge in [0.05, 0.1) is 49.3 Å². The summed E-state index contributed by atoms with van der Waals surface area (Å²) >= 11 is 0. The van der Waals surface area contributed by atoms with Gasteiger partial charge in [0.2, 0.25) is 0 Å². The van der Waals surface area contributed by atoms with Gasteiger partial charge in [-0.2, -0.15) is 18.4 Å². The predicted molar refractivity (Wildman–Crippen MR) is 131 cm³/mol. The maximum atomic E-state index is 13.1. The van der Waals surface area contributed by atoms with E-state index in [-0.39, 0.29) is 23.6 Å². The monoisotopic (exact) mass is 527 g/mol. The first-order valence-corrected chi connectivity index (χ1v) is 12.3. The summed E-state index contributed by atoms with van der Waals surface area (Å²) in [6, 6.07) is 8.56. The van der Waals surface area contributed by atoms with Crippen molar-refractivity contribution in [2.45, 2.75) is 36.8 Å². The highest BCUT2D eigenvalue weighted by Crippen LogP contribution is 2.70. The molecule has 1 unspecified atom stereocenters. The van der Waals surface area contributed by atoms with Gasteiger partial charge in [0.15, 0.2) is 11.2 Å². The minimum absolute atomic E-state index is 0.187. The van der Waals surface area contributed by atoms with E-state index in [1.807, 2.05) is 31.2 Å². The zero-order valence-corrected chi connectivity index (χ0v) is 20.9. The van der Waals surface area contributed by atoms with Gasteiger partial charge in [-0.3, -0.25) is 4.98 Å². The van der Waals surface area contributed by atoms with Crippen molar-refractivity contribution in [3.63, 3.8) is 0 Å². The lowest BCUT2D eigenvalue weighted by atomic mass is 9.60. The van der Waals surface area contributed by atoms with Crippen LogP contribution in [0.4, 0.5) is 13.2 Å². The molecule has 1 fully saturated rings.